The van der Waals surface area contributed by atoms with Crippen LogP contribution in [0, 0.1) is 5.92 Å². The maximum atomic E-state index is 12.0. The van der Waals surface area contributed by atoms with Gasteiger partial charge in [-0.2, -0.15) is 15.1 Å². The molecule has 0 spiro atoms. The summed E-state index contributed by atoms with van der Waals surface area (Å²) in [6.45, 7) is 9.02. The normalized spacial score (nSPS) is 18.5. The topological polar surface area (TPSA) is 112 Å². The third-order valence-electron chi connectivity index (χ3n) is 5.52. The van der Waals surface area contributed by atoms with Crippen LogP contribution in [0.15, 0.2) is 31.4 Å². The lowest BCUT2D eigenvalue weighted by Crippen LogP contribution is -2.28. The van der Waals surface area contributed by atoms with Crippen molar-refractivity contribution in [1.82, 2.24) is 34.2 Å². The van der Waals surface area contributed by atoms with Crippen molar-refractivity contribution in [2.24, 2.45) is 13.0 Å². The smallest absolute Gasteiger partial charge is 0.320 e. The van der Waals surface area contributed by atoms with Crippen LogP contribution in [0.3, 0.4) is 0 Å². The van der Waals surface area contributed by atoms with Crippen LogP contribution < -0.4 is 10.1 Å². The molecule has 0 saturated carbocycles. The van der Waals surface area contributed by atoms with Gasteiger partial charge in [-0.25, -0.2) is 4.98 Å². The summed E-state index contributed by atoms with van der Waals surface area (Å²) in [6, 6.07) is 0.398. The van der Waals surface area contributed by atoms with Gasteiger partial charge in [-0.15, -0.1) is 0 Å². The van der Waals surface area contributed by atoms with E-state index in [9.17, 15) is 4.79 Å². The zero-order valence-corrected chi connectivity index (χ0v) is 18.7. The van der Waals surface area contributed by atoms with Gasteiger partial charge in [0.05, 0.1) is 30.9 Å². The molecule has 0 bridgehead atoms. The van der Waals surface area contributed by atoms with Crippen molar-refractivity contribution in [2.45, 2.75) is 26.0 Å². The van der Waals surface area contributed by atoms with E-state index in [0.29, 0.717) is 36.7 Å². The number of nitrogens with zero attached hydrogens (tertiary/aromatic N) is 7. The summed E-state index contributed by atoms with van der Waals surface area (Å²) in [5.41, 5.74) is 2.11. The summed E-state index contributed by atoms with van der Waals surface area (Å²) in [4.78, 5) is 27.4. The maximum Gasteiger partial charge on any atom is 0.320 e. The lowest BCUT2D eigenvalue weighted by atomic mass is 10.1. The molecule has 32 heavy (non-hydrogen) atoms. The summed E-state index contributed by atoms with van der Waals surface area (Å²) in [5, 5.41) is 7.44. The first-order valence-electron chi connectivity index (χ1n) is 10.5. The van der Waals surface area contributed by atoms with E-state index in [1.807, 2.05) is 17.8 Å². The van der Waals surface area contributed by atoms with E-state index in [4.69, 9.17) is 9.47 Å². The summed E-state index contributed by atoms with van der Waals surface area (Å²) >= 11 is 0. The molecule has 4 heterocycles. The molecule has 1 saturated heterocycles. The Morgan fingerprint density at radius 3 is 2.84 bits per heavy atom. The number of amides is 1. The van der Waals surface area contributed by atoms with E-state index in [-0.39, 0.29) is 30.0 Å². The summed E-state index contributed by atoms with van der Waals surface area (Å²) in [5.74, 6) is 0.416. The molecule has 11 nitrogen and oxygen atoms in total. The molecule has 2 atom stereocenters. The largest absolute Gasteiger partial charge is 0.463 e. The number of aryl methyl sites for hydroxylation is 1. The van der Waals surface area contributed by atoms with E-state index < -0.39 is 0 Å². The number of ether oxygens (including phenoxy) is 2. The number of anilines is 2. The quantitative estimate of drug-likeness (QED) is 0.529. The minimum atomic E-state index is -0.128. The molecule has 11 heteroatoms. The first-order chi connectivity index (χ1) is 15.4. The van der Waals surface area contributed by atoms with E-state index in [0.717, 1.165) is 5.69 Å². The van der Waals surface area contributed by atoms with Crippen LogP contribution in [-0.4, -0.2) is 73.0 Å². The van der Waals surface area contributed by atoms with Crippen molar-refractivity contribution in [2.75, 3.05) is 32.1 Å². The zero-order chi connectivity index (χ0) is 22.8. The molecular weight excluding hydrogens is 412 g/mol. The van der Waals surface area contributed by atoms with E-state index in [1.54, 1.807) is 29.2 Å². The van der Waals surface area contributed by atoms with Gasteiger partial charge in [-0.1, -0.05) is 6.58 Å². The number of aromatic nitrogens is 6. The standard InChI is InChI=1S/C21H28N8O3/c1-6-17(30)28-8-14(16(10-28)31-5)11-32-21-25-19(24-15-7-23-27(4)9-15)18-20(26-21)29(12-22-18)13(2)3/h6-7,9,12-14,16H,1,8,10-11H2,2-5H3,(H,24,25,26)/t14-,16+/m1/s1. The lowest BCUT2D eigenvalue weighted by Gasteiger charge is -2.17. The van der Waals surface area contributed by atoms with Gasteiger partial charge in [0, 0.05) is 45.4 Å². The maximum absolute atomic E-state index is 12.0. The van der Waals surface area contributed by atoms with Crippen molar-refractivity contribution < 1.29 is 14.3 Å². The van der Waals surface area contributed by atoms with Crippen LogP contribution in [-0.2, 0) is 16.6 Å². The molecule has 1 fully saturated rings. The van der Waals surface area contributed by atoms with Crippen molar-refractivity contribution in [1.29, 1.82) is 0 Å². The highest BCUT2D eigenvalue weighted by Gasteiger charge is 2.35. The molecule has 4 rings (SSSR count). The summed E-state index contributed by atoms with van der Waals surface area (Å²) in [6.07, 6.45) is 6.49. The molecule has 1 amide bonds. The monoisotopic (exact) mass is 440 g/mol. The summed E-state index contributed by atoms with van der Waals surface area (Å²) in [7, 11) is 3.48. The highest BCUT2D eigenvalue weighted by Crippen LogP contribution is 2.27. The predicted molar refractivity (Wildman–Crippen MR) is 119 cm³/mol. The van der Waals surface area contributed by atoms with Gasteiger partial charge in [0.25, 0.3) is 0 Å². The lowest BCUT2D eigenvalue weighted by molar-refractivity contribution is -0.125. The number of carbonyl (C=O) groups excluding carboxylic acids is 1. The van der Waals surface area contributed by atoms with Crippen LogP contribution in [0.5, 0.6) is 6.01 Å². The van der Waals surface area contributed by atoms with E-state index >= 15 is 0 Å². The van der Waals surface area contributed by atoms with Crippen LogP contribution in [0.25, 0.3) is 11.2 Å². The number of hydrogen-bond donors (Lipinski definition) is 1. The number of nitrogens with one attached hydrogen (secondary N) is 1. The molecule has 0 aliphatic carbocycles. The Morgan fingerprint density at radius 2 is 2.19 bits per heavy atom. The third-order valence-corrected chi connectivity index (χ3v) is 5.52. The average Bonchev–Trinajstić information content (AvgIpc) is 3.49. The first kappa shape index (κ1) is 21.8. The molecule has 0 aromatic carbocycles. The Bertz CT molecular complexity index is 1120. The molecule has 3 aromatic heterocycles. The molecule has 1 aliphatic heterocycles. The minimum absolute atomic E-state index is 0.00654. The number of carbonyl (C=O) groups is 1. The fraction of sp³-hybridized carbons (Fsp3) is 0.476. The van der Waals surface area contributed by atoms with Gasteiger partial charge >= 0.3 is 6.01 Å². The Labute approximate surface area is 186 Å². The Kier molecular flexibility index (Phi) is 6.08. The Hall–Kier alpha value is -3.47. The fourth-order valence-corrected chi connectivity index (χ4v) is 3.81. The molecule has 0 radical (unpaired) electrons. The van der Waals surface area contributed by atoms with Crippen LogP contribution >= 0.6 is 0 Å². The number of rotatable bonds is 8. The van der Waals surface area contributed by atoms with Gasteiger partial charge in [-0.3, -0.25) is 9.48 Å². The van der Waals surface area contributed by atoms with E-state index in [2.05, 4.69) is 45.8 Å². The number of fused-ring (bicyclic) bond motifs is 1. The average molecular weight is 441 g/mol. The highest BCUT2D eigenvalue weighted by atomic mass is 16.5. The molecule has 1 N–H and O–H groups in total. The molecule has 3 aromatic rings. The number of likely N-dealkylation sites (tertiary alicyclic amines) is 1. The predicted octanol–water partition coefficient (Wildman–Crippen LogP) is 1.92. The van der Waals surface area contributed by atoms with Gasteiger partial charge in [0.2, 0.25) is 5.91 Å². The van der Waals surface area contributed by atoms with Crippen molar-refractivity contribution in [3.63, 3.8) is 0 Å². The van der Waals surface area contributed by atoms with Crippen molar-refractivity contribution in [3.05, 3.63) is 31.4 Å². The third kappa shape index (κ3) is 4.28. The van der Waals surface area contributed by atoms with Gasteiger partial charge in [-0.05, 0) is 19.9 Å². The van der Waals surface area contributed by atoms with E-state index in [1.165, 1.54) is 6.08 Å². The first-order valence-corrected chi connectivity index (χ1v) is 10.5. The number of imidazole rings is 1. The van der Waals surface area contributed by atoms with Crippen LogP contribution in [0.2, 0.25) is 0 Å². The Balaban J connectivity index is 1.59. The van der Waals surface area contributed by atoms with Crippen LogP contribution in [0.1, 0.15) is 19.9 Å². The minimum Gasteiger partial charge on any atom is -0.463 e. The molecule has 170 valence electrons. The highest BCUT2D eigenvalue weighted by molar-refractivity contribution is 5.87. The second kappa shape index (κ2) is 8.95. The fourth-order valence-electron chi connectivity index (χ4n) is 3.81. The second-order valence-corrected chi connectivity index (χ2v) is 8.09. The van der Waals surface area contributed by atoms with Crippen molar-refractivity contribution in [3.8, 4) is 6.01 Å². The summed E-state index contributed by atoms with van der Waals surface area (Å²) < 4.78 is 15.2. The number of methoxy groups -OCH3 is 1. The second-order valence-electron chi connectivity index (χ2n) is 8.09. The molecule has 0 unspecified atom stereocenters. The molecule has 1 aliphatic rings. The molecular formula is C21H28N8O3. The SMILES string of the molecule is C=CC(=O)N1C[C@H](COc2nc(Nc3cnn(C)c3)c3ncn(C(C)C)c3n2)[C@@H](OC)C1. The van der Waals surface area contributed by atoms with Crippen molar-refractivity contribution >= 4 is 28.6 Å². The van der Waals surface area contributed by atoms with Gasteiger partial charge in [0.1, 0.15) is 0 Å². The zero-order valence-electron chi connectivity index (χ0n) is 18.7. The number of hydrogen-bond acceptors (Lipinski definition) is 8. The van der Waals surface area contributed by atoms with Gasteiger partial charge in [0.15, 0.2) is 17.0 Å². The van der Waals surface area contributed by atoms with Gasteiger partial charge < -0.3 is 24.3 Å². The Morgan fingerprint density at radius 1 is 1.38 bits per heavy atom. The van der Waals surface area contributed by atoms with Crippen LogP contribution in [0.4, 0.5) is 11.5 Å².